The van der Waals surface area contributed by atoms with Crippen LogP contribution in [0.1, 0.15) is 0 Å². The highest BCUT2D eigenvalue weighted by atomic mass is 28.5. The van der Waals surface area contributed by atoms with Crippen molar-refractivity contribution in [2.45, 2.75) is 19.6 Å². The quantitative estimate of drug-likeness (QED) is 0.538. The maximum absolute atomic E-state index is 5.73. The zero-order valence-corrected chi connectivity index (χ0v) is 14.4. The zero-order chi connectivity index (χ0) is 11.1. The Kier molecular flexibility index (Phi) is 6.97. The molecule has 0 atom stereocenters. The van der Waals surface area contributed by atoms with Crippen molar-refractivity contribution in [3.63, 3.8) is 0 Å². The first-order valence-electron chi connectivity index (χ1n) is 3.95. The molecule has 0 bridgehead atoms. The molecule has 12 heteroatoms. The Morgan fingerprint density at radius 1 is 0.933 bits per heavy atom. The molecule has 0 amide bonds. The van der Waals surface area contributed by atoms with Crippen LogP contribution in [0, 0.1) is 0 Å². The van der Waals surface area contributed by atoms with Gasteiger partial charge in [0.15, 0.2) is 0 Å². The van der Waals surface area contributed by atoms with Gasteiger partial charge in [0, 0.05) is 0 Å². The number of hydrogen-bond donors (Lipinski definition) is 0. The maximum Gasteiger partial charge on any atom is 0.412 e. The fraction of sp³-hybridized carbons (Fsp3) is 1.00. The second kappa shape index (κ2) is 7.40. The summed E-state index contributed by atoms with van der Waals surface area (Å²) in [5, 5.41) is 0. The van der Waals surface area contributed by atoms with E-state index in [9.17, 15) is 0 Å². The predicted molar refractivity (Wildman–Crippen MR) is 58.6 cm³/mol. The molecule has 0 aromatic rings. The highest BCUT2D eigenvalue weighted by Crippen LogP contribution is 2.08. The Hall–Kier alpha value is 1.06. The molecule has 1 saturated heterocycles. The van der Waals surface area contributed by atoms with Crippen molar-refractivity contribution in [3.8, 4) is 0 Å². The van der Waals surface area contributed by atoms with E-state index >= 15 is 0 Å². The Labute approximate surface area is 102 Å². The normalized spacial score (nSPS) is 26.6. The summed E-state index contributed by atoms with van der Waals surface area (Å²) >= 11 is 0. The minimum atomic E-state index is -2.12. The molecule has 0 aliphatic carbocycles. The molecule has 1 aliphatic heterocycles. The lowest BCUT2D eigenvalue weighted by molar-refractivity contribution is 0.313. The van der Waals surface area contributed by atoms with Gasteiger partial charge in [-0.1, -0.05) is 0 Å². The van der Waals surface area contributed by atoms with E-state index in [1.807, 2.05) is 19.6 Å². The van der Waals surface area contributed by atoms with Gasteiger partial charge in [0.2, 0.25) is 0 Å². The van der Waals surface area contributed by atoms with Gasteiger partial charge < -0.3 is 24.7 Å². The lowest BCUT2D eigenvalue weighted by Crippen LogP contribution is -2.43. The lowest BCUT2D eigenvalue weighted by atomic mass is 11.9. The molecule has 9 radical (unpaired) electrons. The molecule has 1 aliphatic rings. The van der Waals surface area contributed by atoms with Crippen molar-refractivity contribution < 1.29 is 24.7 Å². The van der Waals surface area contributed by atoms with E-state index in [0.29, 0.717) is 0 Å². The van der Waals surface area contributed by atoms with Crippen molar-refractivity contribution in [2.24, 2.45) is 0 Å². The third kappa shape index (κ3) is 7.07. The van der Waals surface area contributed by atoms with Crippen molar-refractivity contribution >= 4 is 57.9 Å². The van der Waals surface area contributed by atoms with Gasteiger partial charge in [-0.25, -0.2) is 0 Å². The molecule has 81 valence electrons. The molecule has 1 fully saturated rings. The standard InChI is InChI=1S/C3H9O6Si6/c1-14-7-12-5-10-4-11-6-13-8-15(2,3)9-14/h1-3H3. The van der Waals surface area contributed by atoms with Gasteiger partial charge in [-0.05, 0) is 19.6 Å². The lowest BCUT2D eigenvalue weighted by Gasteiger charge is -2.25. The minimum absolute atomic E-state index is 0.0408. The summed E-state index contributed by atoms with van der Waals surface area (Å²) in [7, 11) is -3.61. The van der Waals surface area contributed by atoms with Crippen LogP contribution >= 0.6 is 0 Å². The van der Waals surface area contributed by atoms with E-state index in [2.05, 4.69) is 0 Å². The molecular weight excluding hydrogens is 301 g/mol. The van der Waals surface area contributed by atoms with Crippen LogP contribution in [0.15, 0.2) is 0 Å². The summed E-state index contributed by atoms with van der Waals surface area (Å²) < 4.78 is 32.0. The van der Waals surface area contributed by atoms with Crippen LogP contribution in [-0.2, 0) is 24.7 Å². The van der Waals surface area contributed by atoms with Gasteiger partial charge in [0.1, 0.15) is 0 Å². The van der Waals surface area contributed by atoms with Crippen molar-refractivity contribution in [3.05, 3.63) is 0 Å². The third-order valence-electron chi connectivity index (χ3n) is 1.11. The summed E-state index contributed by atoms with van der Waals surface area (Å²) in [5.41, 5.74) is 0. The highest BCUT2D eigenvalue weighted by molar-refractivity contribution is 6.75. The number of hydrogen-bond acceptors (Lipinski definition) is 6. The zero-order valence-electron chi connectivity index (χ0n) is 8.45. The Bertz CT molecular complexity index is 180. The second-order valence-electron chi connectivity index (χ2n) is 2.84. The first-order chi connectivity index (χ1) is 7.10. The first kappa shape index (κ1) is 14.1. The SMILES string of the molecule is C[Si]1O[Si]O[Si]O[Si]O[Si]O[Si](C)(C)O1. The molecule has 0 saturated carbocycles. The van der Waals surface area contributed by atoms with E-state index in [1.165, 1.54) is 0 Å². The van der Waals surface area contributed by atoms with E-state index in [4.69, 9.17) is 24.7 Å². The maximum atomic E-state index is 5.73. The van der Waals surface area contributed by atoms with Gasteiger partial charge in [0.25, 0.3) is 0 Å². The Morgan fingerprint density at radius 2 is 1.53 bits per heavy atom. The van der Waals surface area contributed by atoms with Gasteiger partial charge >= 0.3 is 57.9 Å². The molecule has 1 rings (SSSR count). The average molecular weight is 310 g/mol. The van der Waals surface area contributed by atoms with Gasteiger partial charge in [-0.15, -0.1) is 0 Å². The van der Waals surface area contributed by atoms with Gasteiger partial charge in [-0.3, -0.25) is 0 Å². The molecule has 0 aromatic carbocycles. The van der Waals surface area contributed by atoms with Crippen LogP contribution in [0.25, 0.3) is 0 Å². The Balaban J connectivity index is 2.36. The molecule has 6 nitrogen and oxygen atoms in total. The summed E-state index contributed by atoms with van der Waals surface area (Å²) in [6.07, 6.45) is 0. The van der Waals surface area contributed by atoms with E-state index < -0.39 is 17.8 Å². The first-order valence-corrected chi connectivity index (χ1v) is 11.8. The molecule has 15 heavy (non-hydrogen) atoms. The van der Waals surface area contributed by atoms with Crippen molar-refractivity contribution in [1.82, 2.24) is 0 Å². The van der Waals surface area contributed by atoms with Crippen molar-refractivity contribution in [1.29, 1.82) is 0 Å². The Morgan fingerprint density at radius 3 is 2.27 bits per heavy atom. The minimum Gasteiger partial charge on any atom is -0.415 e. The predicted octanol–water partition coefficient (Wildman–Crippen LogP) is -0.944. The summed E-state index contributed by atoms with van der Waals surface area (Å²) in [6.45, 7) is 5.84. The van der Waals surface area contributed by atoms with Crippen LogP contribution in [0.5, 0.6) is 0 Å². The summed E-state index contributed by atoms with van der Waals surface area (Å²) in [5.74, 6) is 0. The van der Waals surface area contributed by atoms with Gasteiger partial charge in [-0.2, -0.15) is 0 Å². The van der Waals surface area contributed by atoms with Crippen molar-refractivity contribution in [2.75, 3.05) is 0 Å². The van der Waals surface area contributed by atoms with Crippen LogP contribution in [0.4, 0.5) is 0 Å². The fourth-order valence-electron chi connectivity index (χ4n) is 0.681. The molecule has 0 spiro atoms. The largest absolute Gasteiger partial charge is 0.415 e. The summed E-state index contributed by atoms with van der Waals surface area (Å²) in [4.78, 5) is 0. The van der Waals surface area contributed by atoms with E-state index in [1.54, 1.807) is 0 Å². The van der Waals surface area contributed by atoms with Crippen LogP contribution in [0.3, 0.4) is 0 Å². The topological polar surface area (TPSA) is 55.4 Å². The smallest absolute Gasteiger partial charge is 0.412 e. The fourth-order valence-corrected chi connectivity index (χ4v) is 8.38. The molecular formula is C3H9O6Si6. The molecule has 0 unspecified atom stereocenters. The average Bonchev–Trinajstić information content (AvgIpc) is 2.12. The molecule has 0 N–H and O–H groups in total. The van der Waals surface area contributed by atoms with E-state index in [0.717, 1.165) is 0 Å². The molecule has 1 heterocycles. The van der Waals surface area contributed by atoms with Gasteiger partial charge in [0.05, 0.1) is 0 Å². The van der Waals surface area contributed by atoms with Crippen LogP contribution in [-0.4, -0.2) is 57.9 Å². The monoisotopic (exact) mass is 309 g/mol. The highest BCUT2D eigenvalue weighted by Gasteiger charge is 2.29. The van der Waals surface area contributed by atoms with E-state index in [-0.39, 0.29) is 40.0 Å². The third-order valence-corrected chi connectivity index (χ3v) is 10.0. The summed E-state index contributed by atoms with van der Waals surface area (Å²) in [6, 6.07) is 0. The van der Waals surface area contributed by atoms with Crippen LogP contribution in [0.2, 0.25) is 19.6 Å². The second-order valence-corrected chi connectivity index (χ2v) is 12.2. The number of rotatable bonds is 0. The molecule has 0 aromatic heterocycles. The van der Waals surface area contributed by atoms with Crippen LogP contribution < -0.4 is 0 Å².